The Morgan fingerprint density at radius 3 is 2.46 bits per heavy atom. The molecule has 1 aromatic heterocycles. The average Bonchev–Trinajstić information content (AvgIpc) is 2.67. The van der Waals surface area contributed by atoms with Gasteiger partial charge in [0.2, 0.25) is 0 Å². The zero-order valence-corrected chi connectivity index (χ0v) is 14.4. The smallest absolute Gasteiger partial charge is 0.319 e. The van der Waals surface area contributed by atoms with Crippen LogP contribution in [0.2, 0.25) is 0 Å². The molecule has 0 aliphatic rings. The number of urea groups is 1. The van der Waals surface area contributed by atoms with Gasteiger partial charge in [-0.2, -0.15) is 0 Å². The van der Waals surface area contributed by atoms with Crippen molar-refractivity contribution in [1.29, 1.82) is 0 Å². The molecule has 2 aromatic carbocycles. The van der Waals surface area contributed by atoms with E-state index in [9.17, 15) is 9.90 Å². The number of hydrogen-bond donors (Lipinski definition) is 3. The van der Waals surface area contributed by atoms with Gasteiger partial charge >= 0.3 is 6.03 Å². The molecule has 0 bridgehead atoms. The predicted octanol–water partition coefficient (Wildman–Crippen LogP) is 3.31. The first kappa shape index (κ1) is 17.6. The molecule has 0 fully saturated rings. The maximum Gasteiger partial charge on any atom is 0.319 e. The van der Waals surface area contributed by atoms with Crippen LogP contribution in [0.5, 0.6) is 0 Å². The van der Waals surface area contributed by atoms with E-state index in [1.807, 2.05) is 55.5 Å². The lowest BCUT2D eigenvalue weighted by Gasteiger charge is -2.17. The van der Waals surface area contributed by atoms with Gasteiger partial charge in [-0.3, -0.25) is 0 Å². The second-order valence-electron chi connectivity index (χ2n) is 5.84. The minimum absolute atomic E-state index is 0.179. The van der Waals surface area contributed by atoms with Crippen molar-refractivity contribution in [3.8, 4) is 11.4 Å². The minimum Gasteiger partial charge on any atom is -0.394 e. The van der Waals surface area contributed by atoms with E-state index in [0.29, 0.717) is 11.5 Å². The largest absolute Gasteiger partial charge is 0.394 e. The molecule has 26 heavy (non-hydrogen) atoms. The SMILES string of the molecule is Cc1ccnc(-c2ccc(NC(=O)NC(CO)c3ccccc3)cc2)n1. The van der Waals surface area contributed by atoms with Gasteiger partial charge in [0.05, 0.1) is 12.6 Å². The number of amides is 2. The monoisotopic (exact) mass is 348 g/mol. The second kappa shape index (κ2) is 8.22. The van der Waals surface area contributed by atoms with Gasteiger partial charge in [0.15, 0.2) is 5.82 Å². The Morgan fingerprint density at radius 1 is 1.08 bits per heavy atom. The lowest BCUT2D eigenvalue weighted by Crippen LogP contribution is -2.34. The highest BCUT2D eigenvalue weighted by Gasteiger charge is 2.13. The first-order valence-corrected chi connectivity index (χ1v) is 8.29. The first-order valence-electron chi connectivity index (χ1n) is 8.29. The molecule has 6 nitrogen and oxygen atoms in total. The zero-order chi connectivity index (χ0) is 18.4. The molecule has 132 valence electrons. The van der Waals surface area contributed by atoms with Crippen LogP contribution in [0.25, 0.3) is 11.4 Å². The Balaban J connectivity index is 1.64. The first-order chi connectivity index (χ1) is 12.7. The zero-order valence-electron chi connectivity index (χ0n) is 14.4. The standard InChI is InChI=1S/C20H20N4O2/c1-14-11-12-21-19(22-14)16-7-9-17(10-8-16)23-20(26)24-18(13-25)15-5-3-2-4-6-15/h2-12,18,25H,13H2,1H3,(H2,23,24,26). The highest BCUT2D eigenvalue weighted by molar-refractivity contribution is 5.89. The summed E-state index contributed by atoms with van der Waals surface area (Å²) in [6.45, 7) is 1.73. The maximum absolute atomic E-state index is 12.2. The van der Waals surface area contributed by atoms with Crippen molar-refractivity contribution in [2.24, 2.45) is 0 Å². The maximum atomic E-state index is 12.2. The molecular formula is C20H20N4O2. The van der Waals surface area contributed by atoms with Gasteiger partial charge < -0.3 is 15.7 Å². The lowest BCUT2D eigenvalue weighted by atomic mass is 10.1. The summed E-state index contributed by atoms with van der Waals surface area (Å²) in [6.07, 6.45) is 1.72. The molecule has 6 heteroatoms. The number of aliphatic hydroxyl groups is 1. The Labute approximate surface area is 152 Å². The Morgan fingerprint density at radius 2 is 1.81 bits per heavy atom. The number of aryl methyl sites for hydroxylation is 1. The highest BCUT2D eigenvalue weighted by Crippen LogP contribution is 2.18. The van der Waals surface area contributed by atoms with E-state index in [2.05, 4.69) is 20.6 Å². The molecule has 3 aromatic rings. The number of hydrogen-bond acceptors (Lipinski definition) is 4. The van der Waals surface area contributed by atoms with Crippen molar-refractivity contribution in [2.45, 2.75) is 13.0 Å². The van der Waals surface area contributed by atoms with Crippen molar-refractivity contribution in [2.75, 3.05) is 11.9 Å². The second-order valence-corrected chi connectivity index (χ2v) is 5.84. The van der Waals surface area contributed by atoms with E-state index in [1.54, 1.807) is 18.3 Å². The number of nitrogens with zero attached hydrogens (tertiary/aromatic N) is 2. The molecule has 1 heterocycles. The summed E-state index contributed by atoms with van der Waals surface area (Å²) in [5, 5.41) is 15.0. The van der Waals surface area contributed by atoms with E-state index in [1.165, 1.54) is 0 Å². The summed E-state index contributed by atoms with van der Waals surface area (Å²) in [7, 11) is 0. The van der Waals surface area contributed by atoms with E-state index in [4.69, 9.17) is 0 Å². The fraction of sp³-hybridized carbons (Fsp3) is 0.150. The summed E-state index contributed by atoms with van der Waals surface area (Å²) in [5.41, 5.74) is 3.26. The molecule has 3 N–H and O–H groups in total. The minimum atomic E-state index is -0.462. The molecule has 0 saturated carbocycles. The van der Waals surface area contributed by atoms with Crippen LogP contribution in [0.4, 0.5) is 10.5 Å². The van der Waals surface area contributed by atoms with E-state index in [0.717, 1.165) is 16.8 Å². The van der Waals surface area contributed by atoms with Gasteiger partial charge in [0.1, 0.15) is 0 Å². The van der Waals surface area contributed by atoms with Gasteiger partial charge in [0, 0.05) is 23.1 Å². The summed E-state index contributed by atoms with van der Waals surface area (Å²) in [6, 6.07) is 17.6. The molecule has 2 amide bonds. The third kappa shape index (κ3) is 4.43. The number of rotatable bonds is 5. The molecule has 0 aliphatic carbocycles. The van der Waals surface area contributed by atoms with Crippen molar-refractivity contribution in [1.82, 2.24) is 15.3 Å². The van der Waals surface area contributed by atoms with E-state index < -0.39 is 6.04 Å². The Hall–Kier alpha value is -3.25. The molecule has 3 rings (SSSR count). The van der Waals surface area contributed by atoms with Crippen LogP contribution in [0.1, 0.15) is 17.3 Å². The van der Waals surface area contributed by atoms with Gasteiger partial charge in [-0.15, -0.1) is 0 Å². The summed E-state index contributed by atoms with van der Waals surface area (Å²) >= 11 is 0. The summed E-state index contributed by atoms with van der Waals surface area (Å²) < 4.78 is 0. The third-order valence-electron chi connectivity index (χ3n) is 3.89. The van der Waals surface area contributed by atoms with Crippen molar-refractivity contribution < 1.29 is 9.90 Å². The molecule has 1 atom stereocenters. The number of carbonyl (C=O) groups excluding carboxylic acids is 1. The molecule has 0 spiro atoms. The topological polar surface area (TPSA) is 87.1 Å². The Bertz CT molecular complexity index is 866. The predicted molar refractivity (Wildman–Crippen MR) is 101 cm³/mol. The molecule has 1 unspecified atom stereocenters. The number of aromatic nitrogens is 2. The molecular weight excluding hydrogens is 328 g/mol. The fourth-order valence-electron chi connectivity index (χ4n) is 2.54. The van der Waals surface area contributed by atoms with Crippen molar-refractivity contribution in [3.63, 3.8) is 0 Å². The third-order valence-corrected chi connectivity index (χ3v) is 3.89. The number of carbonyl (C=O) groups is 1. The van der Waals surface area contributed by atoms with Gasteiger partial charge in [0.25, 0.3) is 0 Å². The molecule has 0 saturated heterocycles. The number of aliphatic hydroxyl groups excluding tert-OH is 1. The fourth-order valence-corrected chi connectivity index (χ4v) is 2.54. The number of nitrogens with one attached hydrogen (secondary N) is 2. The molecule has 0 aliphatic heterocycles. The van der Waals surface area contributed by atoms with Crippen LogP contribution in [-0.2, 0) is 0 Å². The van der Waals surface area contributed by atoms with Crippen LogP contribution in [0.3, 0.4) is 0 Å². The van der Waals surface area contributed by atoms with Gasteiger partial charge in [-0.1, -0.05) is 30.3 Å². The number of anilines is 1. The van der Waals surface area contributed by atoms with Crippen molar-refractivity contribution >= 4 is 11.7 Å². The van der Waals surface area contributed by atoms with Crippen molar-refractivity contribution in [3.05, 3.63) is 78.1 Å². The average molecular weight is 348 g/mol. The number of benzene rings is 2. The van der Waals surface area contributed by atoms with E-state index in [-0.39, 0.29) is 12.6 Å². The highest BCUT2D eigenvalue weighted by atomic mass is 16.3. The van der Waals surface area contributed by atoms with Crippen LogP contribution in [-0.4, -0.2) is 27.7 Å². The summed E-state index contributed by atoms with van der Waals surface area (Å²) in [4.78, 5) is 20.8. The summed E-state index contributed by atoms with van der Waals surface area (Å²) in [5.74, 6) is 0.644. The normalized spacial score (nSPS) is 11.6. The van der Waals surface area contributed by atoms with Crippen LogP contribution in [0.15, 0.2) is 66.9 Å². The van der Waals surface area contributed by atoms with Crippen LogP contribution in [0, 0.1) is 6.92 Å². The molecule has 0 radical (unpaired) electrons. The van der Waals surface area contributed by atoms with Gasteiger partial charge in [-0.25, -0.2) is 14.8 Å². The van der Waals surface area contributed by atoms with Gasteiger partial charge in [-0.05, 0) is 42.8 Å². The Kier molecular flexibility index (Phi) is 5.56. The van der Waals surface area contributed by atoms with Crippen LogP contribution >= 0.6 is 0 Å². The van der Waals surface area contributed by atoms with E-state index >= 15 is 0 Å². The lowest BCUT2D eigenvalue weighted by molar-refractivity contribution is 0.225. The van der Waals surface area contributed by atoms with Crippen LogP contribution < -0.4 is 10.6 Å². The quantitative estimate of drug-likeness (QED) is 0.660.